The highest BCUT2D eigenvalue weighted by atomic mass is 15.2. The van der Waals surface area contributed by atoms with Crippen molar-refractivity contribution in [1.82, 2.24) is 9.88 Å². The molecule has 0 radical (unpaired) electrons. The highest BCUT2D eigenvalue weighted by Crippen LogP contribution is 2.22. The van der Waals surface area contributed by atoms with Crippen molar-refractivity contribution in [3.8, 4) is 0 Å². The highest BCUT2D eigenvalue weighted by molar-refractivity contribution is 5.45. The molecule has 1 aliphatic rings. The van der Waals surface area contributed by atoms with Crippen LogP contribution in [0.25, 0.3) is 0 Å². The standard InChI is InChI=1S/C15H26N4/c1-4-19-9-7-13(8-10-19)18(3)14-5-6-15(12(2)16)17-11-14/h5-6,11-13H,4,7-10,16H2,1-3H3/t12-/m0/s1. The van der Waals surface area contributed by atoms with Gasteiger partial charge in [0.1, 0.15) is 0 Å². The Labute approximate surface area is 116 Å². The SMILES string of the molecule is CCN1CCC(N(C)c2ccc([C@H](C)N)nc2)CC1. The van der Waals surface area contributed by atoms with Gasteiger partial charge in [-0.2, -0.15) is 0 Å². The highest BCUT2D eigenvalue weighted by Gasteiger charge is 2.21. The molecule has 0 aromatic carbocycles. The number of hydrogen-bond acceptors (Lipinski definition) is 4. The van der Waals surface area contributed by atoms with Crippen molar-refractivity contribution in [1.29, 1.82) is 0 Å². The van der Waals surface area contributed by atoms with Gasteiger partial charge in [-0.15, -0.1) is 0 Å². The Morgan fingerprint density at radius 2 is 2.11 bits per heavy atom. The number of likely N-dealkylation sites (tertiary alicyclic amines) is 1. The fourth-order valence-electron chi connectivity index (χ4n) is 2.71. The maximum atomic E-state index is 5.83. The molecule has 1 aromatic rings. The molecule has 0 saturated carbocycles. The van der Waals surface area contributed by atoms with Crippen LogP contribution in [0.2, 0.25) is 0 Å². The number of pyridine rings is 1. The maximum Gasteiger partial charge on any atom is 0.0569 e. The lowest BCUT2D eigenvalue weighted by atomic mass is 10.0. The Balaban J connectivity index is 1.97. The number of aromatic nitrogens is 1. The lowest BCUT2D eigenvalue weighted by molar-refractivity contribution is 0.221. The Hall–Kier alpha value is -1.13. The summed E-state index contributed by atoms with van der Waals surface area (Å²) in [7, 11) is 2.18. The van der Waals surface area contributed by atoms with Gasteiger partial charge in [0.2, 0.25) is 0 Å². The van der Waals surface area contributed by atoms with Crippen molar-refractivity contribution in [2.24, 2.45) is 5.73 Å². The van der Waals surface area contributed by atoms with E-state index < -0.39 is 0 Å². The maximum absolute atomic E-state index is 5.83. The summed E-state index contributed by atoms with van der Waals surface area (Å²) in [5, 5.41) is 0. The first-order chi connectivity index (χ1) is 9.11. The molecule has 1 aliphatic heterocycles. The van der Waals surface area contributed by atoms with E-state index in [0.717, 1.165) is 5.69 Å². The van der Waals surface area contributed by atoms with Gasteiger partial charge in [0, 0.05) is 32.2 Å². The molecular weight excluding hydrogens is 236 g/mol. The Kier molecular flexibility index (Phi) is 4.77. The lowest BCUT2D eigenvalue weighted by Gasteiger charge is -2.37. The summed E-state index contributed by atoms with van der Waals surface area (Å²) < 4.78 is 0. The molecule has 1 fully saturated rings. The summed E-state index contributed by atoms with van der Waals surface area (Å²) >= 11 is 0. The first kappa shape index (κ1) is 14.3. The quantitative estimate of drug-likeness (QED) is 0.902. The van der Waals surface area contributed by atoms with Gasteiger partial charge in [0.05, 0.1) is 17.6 Å². The minimum atomic E-state index is 0.00662. The van der Waals surface area contributed by atoms with E-state index in [-0.39, 0.29) is 6.04 Å². The Bertz CT molecular complexity index is 380. The van der Waals surface area contributed by atoms with Gasteiger partial charge in [-0.1, -0.05) is 6.92 Å². The summed E-state index contributed by atoms with van der Waals surface area (Å²) in [6.45, 7) is 7.78. The third kappa shape index (κ3) is 3.45. The zero-order valence-electron chi connectivity index (χ0n) is 12.3. The van der Waals surface area contributed by atoms with Crippen molar-refractivity contribution in [3.05, 3.63) is 24.0 Å². The second-order valence-electron chi connectivity index (χ2n) is 5.51. The van der Waals surface area contributed by atoms with E-state index >= 15 is 0 Å². The van der Waals surface area contributed by atoms with Crippen molar-refractivity contribution in [3.63, 3.8) is 0 Å². The summed E-state index contributed by atoms with van der Waals surface area (Å²) in [4.78, 5) is 9.33. The molecule has 106 valence electrons. The van der Waals surface area contributed by atoms with Crippen molar-refractivity contribution >= 4 is 5.69 Å². The van der Waals surface area contributed by atoms with Crippen molar-refractivity contribution < 1.29 is 0 Å². The summed E-state index contributed by atoms with van der Waals surface area (Å²) in [5.41, 5.74) is 7.98. The van der Waals surface area contributed by atoms with Crippen LogP contribution in [0.3, 0.4) is 0 Å². The second-order valence-corrected chi connectivity index (χ2v) is 5.51. The minimum absolute atomic E-state index is 0.00662. The van der Waals surface area contributed by atoms with E-state index in [1.165, 1.54) is 38.2 Å². The van der Waals surface area contributed by atoms with Crippen LogP contribution in [0, 0.1) is 0 Å². The fraction of sp³-hybridized carbons (Fsp3) is 0.667. The first-order valence-electron chi connectivity index (χ1n) is 7.28. The second kappa shape index (κ2) is 6.35. The number of nitrogens with zero attached hydrogens (tertiary/aromatic N) is 3. The van der Waals surface area contributed by atoms with Crippen LogP contribution in [0.15, 0.2) is 18.3 Å². The number of piperidine rings is 1. The van der Waals surface area contributed by atoms with Gasteiger partial charge >= 0.3 is 0 Å². The van der Waals surface area contributed by atoms with Crippen LogP contribution in [0.1, 0.15) is 38.4 Å². The number of hydrogen-bond donors (Lipinski definition) is 1. The predicted octanol–water partition coefficient (Wildman–Crippen LogP) is 2.02. The largest absolute Gasteiger partial charge is 0.370 e. The molecule has 0 spiro atoms. The predicted molar refractivity (Wildman–Crippen MR) is 80.4 cm³/mol. The molecule has 0 bridgehead atoms. The topological polar surface area (TPSA) is 45.4 Å². The van der Waals surface area contributed by atoms with Crippen LogP contribution >= 0.6 is 0 Å². The van der Waals surface area contributed by atoms with Gasteiger partial charge in [-0.25, -0.2) is 0 Å². The van der Waals surface area contributed by atoms with E-state index in [9.17, 15) is 0 Å². The van der Waals surface area contributed by atoms with Crippen LogP contribution in [0.4, 0.5) is 5.69 Å². The Morgan fingerprint density at radius 1 is 1.42 bits per heavy atom. The van der Waals surface area contributed by atoms with Gasteiger partial charge in [0.25, 0.3) is 0 Å². The van der Waals surface area contributed by atoms with Crippen molar-refractivity contribution in [2.45, 2.75) is 38.8 Å². The molecule has 1 atom stereocenters. The molecule has 0 aliphatic carbocycles. The lowest BCUT2D eigenvalue weighted by Crippen LogP contribution is -2.43. The molecular formula is C15H26N4. The minimum Gasteiger partial charge on any atom is -0.370 e. The zero-order valence-corrected chi connectivity index (χ0v) is 12.3. The van der Waals surface area contributed by atoms with Crippen LogP contribution in [0.5, 0.6) is 0 Å². The molecule has 2 heterocycles. The smallest absolute Gasteiger partial charge is 0.0569 e. The van der Waals surface area contributed by atoms with Crippen LogP contribution in [-0.4, -0.2) is 42.6 Å². The fourth-order valence-corrected chi connectivity index (χ4v) is 2.71. The molecule has 1 aromatic heterocycles. The number of rotatable bonds is 4. The van der Waals surface area contributed by atoms with E-state index in [0.29, 0.717) is 6.04 Å². The normalized spacial score (nSPS) is 19.4. The molecule has 19 heavy (non-hydrogen) atoms. The molecule has 4 nitrogen and oxygen atoms in total. The monoisotopic (exact) mass is 262 g/mol. The van der Waals surface area contributed by atoms with Crippen molar-refractivity contribution in [2.75, 3.05) is 31.6 Å². The van der Waals surface area contributed by atoms with E-state index in [1.54, 1.807) is 0 Å². The number of anilines is 1. The summed E-state index contributed by atoms with van der Waals surface area (Å²) in [6.07, 6.45) is 4.42. The van der Waals surface area contributed by atoms with Gasteiger partial charge in [-0.3, -0.25) is 4.98 Å². The zero-order chi connectivity index (χ0) is 13.8. The summed E-state index contributed by atoms with van der Waals surface area (Å²) in [5.74, 6) is 0. The molecule has 2 rings (SSSR count). The third-order valence-corrected chi connectivity index (χ3v) is 4.20. The van der Waals surface area contributed by atoms with Gasteiger partial charge < -0.3 is 15.5 Å². The van der Waals surface area contributed by atoms with E-state index in [2.05, 4.69) is 34.8 Å². The number of nitrogens with two attached hydrogens (primary N) is 1. The van der Waals surface area contributed by atoms with E-state index in [4.69, 9.17) is 5.73 Å². The third-order valence-electron chi connectivity index (χ3n) is 4.20. The van der Waals surface area contributed by atoms with Crippen LogP contribution in [-0.2, 0) is 0 Å². The average molecular weight is 262 g/mol. The Morgan fingerprint density at radius 3 is 2.58 bits per heavy atom. The summed E-state index contributed by atoms with van der Waals surface area (Å²) in [6, 6.07) is 4.81. The molecule has 4 heteroatoms. The molecule has 2 N–H and O–H groups in total. The molecule has 0 unspecified atom stereocenters. The average Bonchev–Trinajstić information content (AvgIpc) is 2.46. The molecule has 1 saturated heterocycles. The van der Waals surface area contributed by atoms with Crippen LogP contribution < -0.4 is 10.6 Å². The van der Waals surface area contributed by atoms with Gasteiger partial charge in [-0.05, 0) is 38.4 Å². The molecule has 0 amide bonds. The first-order valence-corrected chi connectivity index (χ1v) is 7.28. The van der Waals surface area contributed by atoms with E-state index in [1.807, 2.05) is 19.2 Å². The van der Waals surface area contributed by atoms with Gasteiger partial charge in [0.15, 0.2) is 0 Å².